The van der Waals surface area contributed by atoms with Gasteiger partial charge in [-0.05, 0) is 0 Å². The number of carbonyl (C=O) groups is 1. The average molecular weight is 474 g/mol. The lowest BCUT2D eigenvalue weighted by molar-refractivity contribution is -0.400. The first-order valence-electron chi connectivity index (χ1n) is 6.50. The molecule has 29 heavy (non-hydrogen) atoms. The van der Waals surface area contributed by atoms with Crippen molar-refractivity contribution in [1.82, 2.24) is 0 Å². The molecule has 0 fully saturated rings. The summed E-state index contributed by atoms with van der Waals surface area (Å²) in [5.41, 5.74) is -2.97. The van der Waals surface area contributed by atoms with Gasteiger partial charge in [-0.15, -0.1) is 11.8 Å². The van der Waals surface area contributed by atoms with Crippen LogP contribution in [0.25, 0.3) is 0 Å². The summed E-state index contributed by atoms with van der Waals surface area (Å²) in [6, 6.07) is -0.263. The van der Waals surface area contributed by atoms with Crippen LogP contribution in [0.3, 0.4) is 0 Å². The van der Waals surface area contributed by atoms with Crippen molar-refractivity contribution in [2.24, 2.45) is 0 Å². The van der Waals surface area contributed by atoms with Gasteiger partial charge in [-0.1, -0.05) is 0 Å². The number of hydrogen-bond acceptors (Lipinski definition) is 7. The van der Waals surface area contributed by atoms with Gasteiger partial charge in [0.05, 0.1) is 20.5 Å². The van der Waals surface area contributed by atoms with Crippen LogP contribution in [0.5, 0.6) is 0 Å². The molecule has 1 aromatic rings. The zero-order chi connectivity index (χ0) is 22.9. The monoisotopic (exact) mass is 474 g/mol. The van der Waals surface area contributed by atoms with Crippen LogP contribution in [-0.4, -0.2) is 48.2 Å². The Morgan fingerprint density at radius 3 is 1.76 bits per heavy atom. The summed E-state index contributed by atoms with van der Waals surface area (Å²) in [7, 11) is -4.62. The number of rotatable bonds is 8. The normalized spacial score (nSPS) is 13.8. The Hall–Kier alpha value is -2.50. The number of alkyl halides is 7. The summed E-state index contributed by atoms with van der Waals surface area (Å²) < 4.78 is 102. The number of nitro groups is 2. The van der Waals surface area contributed by atoms with Crippen molar-refractivity contribution in [1.29, 1.82) is 0 Å². The third-order valence-corrected chi connectivity index (χ3v) is 5.41. The number of carboxylic acid groups (broad SMARTS) is 1. The van der Waals surface area contributed by atoms with Gasteiger partial charge in [0.15, 0.2) is 4.90 Å². The minimum atomic E-state index is -6.86. The first kappa shape index (κ1) is 24.5. The summed E-state index contributed by atoms with van der Waals surface area (Å²) in [6.45, 7) is 0. The summed E-state index contributed by atoms with van der Waals surface area (Å²) in [6.07, 6.45) is -6.86. The molecular formula is C11H5F7N2O7S2. The molecule has 0 amide bonds. The molecule has 162 valence electrons. The summed E-state index contributed by atoms with van der Waals surface area (Å²) in [5.74, 6) is -9.44. The van der Waals surface area contributed by atoms with Crippen LogP contribution in [0.1, 0.15) is 0 Å². The third kappa shape index (κ3) is 4.74. The maximum absolute atomic E-state index is 13.6. The largest absolute Gasteiger partial charge is 0.481 e. The number of nitrogens with zero attached hydrogens (tertiary/aromatic N) is 2. The van der Waals surface area contributed by atoms with E-state index in [4.69, 9.17) is 5.11 Å². The number of thioether (sulfide) groups is 1. The van der Waals surface area contributed by atoms with E-state index >= 15 is 0 Å². The lowest BCUT2D eigenvalue weighted by Crippen LogP contribution is -2.54. The molecule has 18 heteroatoms. The smallest absolute Gasteiger partial charge is 0.461 e. The van der Waals surface area contributed by atoms with Crippen LogP contribution in [0.2, 0.25) is 0 Å². The van der Waals surface area contributed by atoms with Gasteiger partial charge in [-0.25, -0.2) is 4.21 Å². The van der Waals surface area contributed by atoms with Gasteiger partial charge in [0.25, 0.3) is 11.4 Å². The van der Waals surface area contributed by atoms with E-state index in [-0.39, 0.29) is 23.9 Å². The van der Waals surface area contributed by atoms with Crippen LogP contribution in [0.15, 0.2) is 21.9 Å². The van der Waals surface area contributed by atoms with Crippen LogP contribution < -0.4 is 0 Å². The van der Waals surface area contributed by atoms with E-state index in [0.717, 1.165) is 0 Å². The minimum Gasteiger partial charge on any atom is -0.481 e. The van der Waals surface area contributed by atoms with Crippen molar-refractivity contribution in [2.45, 2.75) is 27.1 Å². The highest BCUT2D eigenvalue weighted by molar-refractivity contribution is 8.00. The van der Waals surface area contributed by atoms with Gasteiger partial charge in [-0.2, -0.15) is 30.7 Å². The molecule has 9 nitrogen and oxygen atoms in total. The molecule has 0 bridgehead atoms. The lowest BCUT2D eigenvalue weighted by atomic mass is 10.3. The van der Waals surface area contributed by atoms with E-state index in [1.807, 2.05) is 0 Å². The zero-order valence-electron chi connectivity index (χ0n) is 13.1. The van der Waals surface area contributed by atoms with E-state index in [0.29, 0.717) is 0 Å². The second-order valence-electron chi connectivity index (χ2n) is 4.84. The van der Waals surface area contributed by atoms with E-state index in [9.17, 15) is 60.0 Å². The van der Waals surface area contributed by atoms with Crippen molar-refractivity contribution in [3.05, 3.63) is 32.4 Å². The van der Waals surface area contributed by atoms with Crippen LogP contribution in [0.4, 0.5) is 42.1 Å². The van der Waals surface area contributed by atoms with Crippen molar-refractivity contribution < 1.29 is 54.7 Å². The maximum Gasteiger partial charge on any atom is 0.461 e. The van der Waals surface area contributed by atoms with Crippen LogP contribution in [-0.2, 0) is 15.6 Å². The molecule has 1 aromatic carbocycles. The SMILES string of the molecule is O=C(O)CSc1c([N+](=O)[O-])cc(S(=O)C(F)(F)C(F)(F)C(F)(F)F)cc1[N+](=O)[O-]. The Morgan fingerprint density at radius 1 is 1.03 bits per heavy atom. The predicted molar refractivity (Wildman–Crippen MR) is 80.5 cm³/mol. The Labute approximate surface area is 160 Å². The van der Waals surface area contributed by atoms with Crippen LogP contribution >= 0.6 is 11.8 Å². The highest BCUT2D eigenvalue weighted by atomic mass is 32.2. The Bertz CT molecular complexity index is 856. The molecule has 0 aliphatic carbocycles. The molecule has 0 heterocycles. The first-order chi connectivity index (χ1) is 12.9. The van der Waals surface area contributed by atoms with Crippen molar-refractivity contribution in [3.8, 4) is 0 Å². The molecule has 0 spiro atoms. The zero-order valence-corrected chi connectivity index (χ0v) is 14.7. The first-order valence-corrected chi connectivity index (χ1v) is 8.64. The summed E-state index contributed by atoms with van der Waals surface area (Å²) >= 11 is -0.0213. The van der Waals surface area contributed by atoms with Crippen LogP contribution in [0, 0.1) is 20.2 Å². The quantitative estimate of drug-likeness (QED) is 0.261. The van der Waals surface area contributed by atoms with Crippen molar-refractivity contribution >= 4 is 39.9 Å². The van der Waals surface area contributed by atoms with Gasteiger partial charge in [-0.3, -0.25) is 25.0 Å². The number of benzene rings is 1. The topological polar surface area (TPSA) is 141 Å². The fraction of sp³-hybridized carbons (Fsp3) is 0.364. The van der Waals surface area contributed by atoms with Gasteiger partial charge in [0.2, 0.25) is 0 Å². The fourth-order valence-electron chi connectivity index (χ4n) is 1.66. The minimum absolute atomic E-state index is 0.0213. The number of hydrogen-bond donors (Lipinski definition) is 1. The van der Waals surface area contributed by atoms with Gasteiger partial charge >= 0.3 is 23.3 Å². The number of aliphatic carboxylic acids is 1. The second-order valence-corrected chi connectivity index (χ2v) is 7.35. The van der Waals surface area contributed by atoms with Crippen molar-refractivity contribution in [3.63, 3.8) is 0 Å². The third-order valence-electron chi connectivity index (χ3n) is 2.93. The predicted octanol–water partition coefficient (Wildman–Crippen LogP) is 3.58. The maximum atomic E-state index is 13.6. The molecule has 1 rings (SSSR count). The molecule has 0 aromatic heterocycles. The van der Waals surface area contributed by atoms with E-state index < -0.39 is 70.9 Å². The number of carboxylic acids is 1. The highest BCUT2D eigenvalue weighted by Crippen LogP contribution is 2.50. The molecule has 1 unspecified atom stereocenters. The molecule has 0 aliphatic rings. The Kier molecular flexibility index (Phi) is 6.84. The highest BCUT2D eigenvalue weighted by Gasteiger charge is 2.76. The van der Waals surface area contributed by atoms with E-state index in [1.54, 1.807) is 0 Å². The molecule has 0 radical (unpaired) electrons. The van der Waals surface area contributed by atoms with Gasteiger partial charge < -0.3 is 5.11 Å². The van der Waals surface area contributed by atoms with Gasteiger partial charge in [0, 0.05) is 12.1 Å². The Morgan fingerprint density at radius 2 is 1.45 bits per heavy atom. The average Bonchev–Trinajstić information content (AvgIpc) is 2.56. The fourth-order valence-corrected chi connectivity index (χ4v) is 3.58. The molecule has 0 saturated carbocycles. The second kappa shape index (κ2) is 8.09. The van der Waals surface area contributed by atoms with E-state index in [2.05, 4.69) is 0 Å². The lowest BCUT2D eigenvalue weighted by Gasteiger charge is -2.27. The number of halogens is 7. The summed E-state index contributed by atoms with van der Waals surface area (Å²) in [4.78, 5) is 26.9. The standard InChI is InChI=1S/C11H5F7N2O7S2/c12-9(13,10(14,15)16)11(17,18)29(27)4-1-5(19(23)24)8(28-3-7(21)22)6(2-4)20(25)26/h1-2H,3H2,(H,21,22). The molecule has 0 aliphatic heterocycles. The molecule has 1 atom stereocenters. The molecule has 0 saturated heterocycles. The molecule has 1 N–H and O–H groups in total. The summed E-state index contributed by atoms with van der Waals surface area (Å²) in [5, 5.41) is 24.3. The van der Waals surface area contributed by atoms with Crippen molar-refractivity contribution in [2.75, 3.05) is 5.75 Å². The Balaban J connectivity index is 3.69. The molecular weight excluding hydrogens is 469 g/mol. The van der Waals surface area contributed by atoms with E-state index in [1.165, 1.54) is 0 Å². The number of nitro benzene ring substituents is 2. The van der Waals surface area contributed by atoms with Gasteiger partial charge in [0.1, 0.15) is 10.8 Å².